The Hall–Kier alpha value is -3.07. The van der Waals surface area contributed by atoms with Gasteiger partial charge in [0.1, 0.15) is 6.04 Å². The maximum Gasteiger partial charge on any atom is 0.251 e. The van der Waals surface area contributed by atoms with Gasteiger partial charge in [0.05, 0.1) is 6.04 Å². The zero-order valence-corrected chi connectivity index (χ0v) is 16.7. The van der Waals surface area contributed by atoms with E-state index in [1.807, 2.05) is 42.2 Å². The van der Waals surface area contributed by atoms with E-state index in [-0.39, 0.29) is 29.8 Å². The summed E-state index contributed by atoms with van der Waals surface area (Å²) >= 11 is 0. The Labute approximate surface area is 171 Å². The van der Waals surface area contributed by atoms with E-state index < -0.39 is 0 Å². The van der Waals surface area contributed by atoms with Crippen LogP contribution >= 0.6 is 0 Å². The number of carbonyl (C=O) groups excluding carboxylic acids is 2. The molecule has 1 aromatic rings. The van der Waals surface area contributed by atoms with Crippen molar-refractivity contribution in [3.63, 3.8) is 0 Å². The largest absolute Gasteiger partial charge is 0.352 e. The van der Waals surface area contributed by atoms with Gasteiger partial charge in [-0.1, -0.05) is 30.3 Å². The van der Waals surface area contributed by atoms with Gasteiger partial charge in [-0.05, 0) is 49.5 Å². The van der Waals surface area contributed by atoms with E-state index in [4.69, 9.17) is 0 Å². The number of likely N-dealkylation sites (N-methyl/N-ethyl adjacent to an activating group) is 1. The third-order valence-electron chi connectivity index (χ3n) is 6.17. The number of carbonyl (C=O) groups is 2. The quantitative estimate of drug-likeness (QED) is 0.801. The minimum atomic E-state index is -0.369. The molecule has 0 bridgehead atoms. The van der Waals surface area contributed by atoms with Crippen molar-refractivity contribution in [2.45, 2.75) is 38.3 Å². The van der Waals surface area contributed by atoms with E-state index >= 15 is 0 Å². The highest BCUT2D eigenvalue weighted by Crippen LogP contribution is 2.41. The number of rotatable bonds is 4. The molecule has 1 aromatic carbocycles. The molecule has 3 atom stereocenters. The normalized spacial score (nSPS) is 25.7. The highest BCUT2D eigenvalue weighted by molar-refractivity contribution is 5.99. The van der Waals surface area contributed by atoms with Crippen LogP contribution in [0.4, 0.5) is 0 Å². The Morgan fingerprint density at radius 2 is 2.00 bits per heavy atom. The van der Waals surface area contributed by atoms with Crippen LogP contribution < -0.4 is 5.32 Å². The molecule has 1 aliphatic carbocycles. The zero-order valence-electron chi connectivity index (χ0n) is 16.7. The molecule has 1 N–H and O–H groups in total. The average molecular weight is 390 g/mol. The first-order valence-corrected chi connectivity index (χ1v) is 10.4. The molecule has 0 spiro atoms. The van der Waals surface area contributed by atoms with E-state index in [0.29, 0.717) is 31.6 Å². The molecular weight excluding hydrogens is 364 g/mol. The van der Waals surface area contributed by atoms with Gasteiger partial charge < -0.3 is 10.2 Å². The molecule has 0 aromatic heterocycles. The van der Waals surface area contributed by atoms with Gasteiger partial charge in [-0.25, -0.2) is 0 Å². The summed E-state index contributed by atoms with van der Waals surface area (Å²) in [6, 6.07) is 9.57. The summed E-state index contributed by atoms with van der Waals surface area (Å²) in [5.74, 6) is 0.0621. The highest BCUT2D eigenvalue weighted by Gasteiger charge is 2.44. The van der Waals surface area contributed by atoms with Crippen molar-refractivity contribution in [3.8, 4) is 6.19 Å². The average Bonchev–Trinajstić information content (AvgIpc) is 3.40. The summed E-state index contributed by atoms with van der Waals surface area (Å²) in [6.45, 7) is 3.74. The van der Waals surface area contributed by atoms with Gasteiger partial charge in [0.25, 0.3) is 5.91 Å². The topological polar surface area (TPSA) is 76.4 Å². The number of hydrogen-bond donors (Lipinski definition) is 1. The molecule has 6 heteroatoms. The lowest BCUT2D eigenvalue weighted by Crippen LogP contribution is -2.47. The maximum atomic E-state index is 13.3. The lowest BCUT2D eigenvalue weighted by Gasteiger charge is -2.33. The van der Waals surface area contributed by atoms with Crippen LogP contribution in [0.25, 0.3) is 5.57 Å². The SMILES string of the molecule is CCNC(=O)C1=CC2C(CCN2C(=O)C2CCCN2C#N)C(c2ccccc2)=C1. The summed E-state index contributed by atoms with van der Waals surface area (Å²) in [6.07, 6.45) is 8.52. The van der Waals surface area contributed by atoms with E-state index in [2.05, 4.69) is 23.6 Å². The third kappa shape index (κ3) is 3.53. The minimum absolute atomic E-state index is 0.0114. The molecule has 2 aliphatic heterocycles. The number of benzene rings is 1. The van der Waals surface area contributed by atoms with Crippen LogP contribution in [0.1, 0.15) is 31.7 Å². The summed E-state index contributed by atoms with van der Waals surface area (Å²) in [5, 5.41) is 12.2. The molecule has 3 unspecified atom stereocenters. The summed E-state index contributed by atoms with van der Waals surface area (Å²) in [5.41, 5.74) is 2.81. The fourth-order valence-electron chi connectivity index (χ4n) is 4.79. The number of nitrogens with one attached hydrogen (secondary N) is 1. The molecule has 4 rings (SSSR count). The van der Waals surface area contributed by atoms with Crippen molar-refractivity contribution < 1.29 is 9.59 Å². The molecule has 0 radical (unpaired) electrons. The summed E-state index contributed by atoms with van der Waals surface area (Å²) in [4.78, 5) is 29.4. The molecule has 150 valence electrons. The van der Waals surface area contributed by atoms with Gasteiger partial charge in [-0.2, -0.15) is 5.26 Å². The van der Waals surface area contributed by atoms with Gasteiger partial charge in [0.2, 0.25) is 5.91 Å². The fourth-order valence-corrected chi connectivity index (χ4v) is 4.79. The first-order chi connectivity index (χ1) is 14.1. The van der Waals surface area contributed by atoms with Crippen LogP contribution in [0.2, 0.25) is 0 Å². The zero-order chi connectivity index (χ0) is 20.4. The first-order valence-electron chi connectivity index (χ1n) is 10.4. The molecule has 6 nitrogen and oxygen atoms in total. The van der Waals surface area contributed by atoms with E-state index in [1.54, 1.807) is 4.90 Å². The molecule has 2 amide bonds. The molecule has 0 saturated carbocycles. The van der Waals surface area contributed by atoms with E-state index in [1.165, 1.54) is 0 Å². The van der Waals surface area contributed by atoms with Crippen molar-refractivity contribution in [1.82, 2.24) is 15.1 Å². The number of hydrogen-bond acceptors (Lipinski definition) is 4. The lowest BCUT2D eigenvalue weighted by molar-refractivity contribution is -0.135. The number of fused-ring (bicyclic) bond motifs is 1. The monoisotopic (exact) mass is 390 g/mol. The third-order valence-corrected chi connectivity index (χ3v) is 6.17. The van der Waals surface area contributed by atoms with Crippen LogP contribution in [-0.4, -0.2) is 53.3 Å². The van der Waals surface area contributed by atoms with Crippen molar-refractivity contribution >= 4 is 17.4 Å². The first kappa shape index (κ1) is 19.3. The standard InChI is InChI=1S/C23H26N4O2/c1-2-25-22(28)17-13-19(16-7-4-3-5-8-16)18-10-12-27(21(18)14-17)23(29)20-9-6-11-26(20)15-24/h3-5,7-8,13-14,18,20-21H,2,6,9-12H2,1H3,(H,25,28). The van der Waals surface area contributed by atoms with Crippen molar-refractivity contribution in [2.24, 2.45) is 5.92 Å². The molecule has 2 saturated heterocycles. The maximum absolute atomic E-state index is 13.3. The van der Waals surface area contributed by atoms with Crippen LogP contribution in [0.15, 0.2) is 48.1 Å². The minimum Gasteiger partial charge on any atom is -0.352 e. The number of likely N-dealkylation sites (tertiary alicyclic amines) is 2. The van der Waals surface area contributed by atoms with Crippen molar-refractivity contribution in [3.05, 3.63) is 53.6 Å². The highest BCUT2D eigenvalue weighted by atomic mass is 16.2. The number of amides is 2. The Bertz CT molecular complexity index is 899. The van der Waals surface area contributed by atoms with E-state index in [9.17, 15) is 14.9 Å². The van der Waals surface area contributed by atoms with Gasteiger partial charge in [-0.15, -0.1) is 0 Å². The summed E-state index contributed by atoms with van der Waals surface area (Å²) in [7, 11) is 0. The Balaban J connectivity index is 1.67. The molecule has 2 heterocycles. The second-order valence-corrected chi connectivity index (χ2v) is 7.82. The van der Waals surface area contributed by atoms with Crippen LogP contribution in [0, 0.1) is 17.4 Å². The molecular formula is C23H26N4O2. The van der Waals surface area contributed by atoms with Crippen LogP contribution in [-0.2, 0) is 9.59 Å². The van der Waals surface area contributed by atoms with E-state index in [0.717, 1.165) is 24.0 Å². The predicted octanol–water partition coefficient (Wildman–Crippen LogP) is 2.31. The Morgan fingerprint density at radius 1 is 1.21 bits per heavy atom. The number of nitrogens with zero attached hydrogens (tertiary/aromatic N) is 3. The molecule has 29 heavy (non-hydrogen) atoms. The van der Waals surface area contributed by atoms with Crippen LogP contribution in [0.3, 0.4) is 0 Å². The lowest BCUT2D eigenvalue weighted by atomic mass is 9.81. The second-order valence-electron chi connectivity index (χ2n) is 7.82. The van der Waals surface area contributed by atoms with Crippen molar-refractivity contribution in [2.75, 3.05) is 19.6 Å². The van der Waals surface area contributed by atoms with Crippen molar-refractivity contribution in [1.29, 1.82) is 5.26 Å². The fraction of sp³-hybridized carbons (Fsp3) is 0.435. The summed E-state index contributed by atoms with van der Waals surface area (Å²) < 4.78 is 0. The van der Waals surface area contributed by atoms with Gasteiger partial charge >= 0.3 is 0 Å². The molecule has 2 fully saturated rings. The van der Waals surface area contributed by atoms with Gasteiger partial charge in [0, 0.05) is 31.1 Å². The van der Waals surface area contributed by atoms with Gasteiger partial charge in [-0.3, -0.25) is 14.5 Å². The van der Waals surface area contributed by atoms with Crippen LogP contribution in [0.5, 0.6) is 0 Å². The second kappa shape index (κ2) is 8.12. The smallest absolute Gasteiger partial charge is 0.251 e. The number of nitriles is 1. The Kier molecular flexibility index (Phi) is 5.39. The van der Waals surface area contributed by atoms with Gasteiger partial charge in [0.15, 0.2) is 6.19 Å². The Morgan fingerprint density at radius 3 is 2.72 bits per heavy atom. The predicted molar refractivity (Wildman–Crippen MR) is 110 cm³/mol. The molecule has 3 aliphatic rings.